The fourth-order valence-corrected chi connectivity index (χ4v) is 5.32. The molecule has 0 amide bonds. The molecule has 0 radical (unpaired) electrons. The molecule has 0 heterocycles. The molecule has 0 saturated heterocycles. The number of halogens is 2. The van der Waals surface area contributed by atoms with Crippen LogP contribution in [0.2, 0.25) is 0 Å². The number of benzene rings is 2. The quantitative estimate of drug-likeness (QED) is 0.161. The highest BCUT2D eigenvalue weighted by atomic mass is 19.2. The largest absolute Gasteiger partial charge is 0.423 e. The zero-order valence-electron chi connectivity index (χ0n) is 21.6. The molecule has 2 aromatic carbocycles. The zero-order valence-corrected chi connectivity index (χ0v) is 21.6. The molecular formula is C31H42F2O2. The Labute approximate surface area is 210 Å². The summed E-state index contributed by atoms with van der Waals surface area (Å²) in [5.41, 5.74) is 1.13. The molecule has 1 aliphatic rings. The molecular weight excluding hydrogens is 442 g/mol. The maximum Gasteiger partial charge on any atom is 0.346 e. The Morgan fingerprint density at radius 2 is 1.43 bits per heavy atom. The van der Waals surface area contributed by atoms with Gasteiger partial charge in [-0.05, 0) is 60.4 Å². The van der Waals surface area contributed by atoms with E-state index < -0.39 is 17.6 Å². The van der Waals surface area contributed by atoms with Crippen LogP contribution in [0.4, 0.5) is 8.78 Å². The third kappa shape index (κ3) is 8.44. The number of hydrogen-bond acceptors (Lipinski definition) is 2. The second kappa shape index (κ2) is 14.4. The van der Waals surface area contributed by atoms with Crippen LogP contribution in [0, 0.1) is 23.5 Å². The molecule has 2 aromatic rings. The Morgan fingerprint density at radius 1 is 0.771 bits per heavy atom. The average Bonchev–Trinajstić information content (AvgIpc) is 2.87. The third-order valence-corrected chi connectivity index (χ3v) is 7.56. The van der Waals surface area contributed by atoms with Crippen molar-refractivity contribution in [3.63, 3.8) is 0 Å². The second-order valence-electron chi connectivity index (χ2n) is 10.3. The van der Waals surface area contributed by atoms with Gasteiger partial charge in [-0.15, -0.1) is 0 Å². The topological polar surface area (TPSA) is 26.3 Å². The predicted molar refractivity (Wildman–Crippen MR) is 139 cm³/mol. The Bertz CT molecular complexity index is 914. The second-order valence-corrected chi connectivity index (χ2v) is 10.3. The van der Waals surface area contributed by atoms with Crippen LogP contribution in [0.25, 0.3) is 0 Å². The molecule has 1 fully saturated rings. The van der Waals surface area contributed by atoms with E-state index in [-0.39, 0.29) is 5.56 Å². The van der Waals surface area contributed by atoms with Gasteiger partial charge < -0.3 is 4.74 Å². The standard InChI is InChI=1S/C31H42F2O2/c1-3-5-6-7-8-10-24-11-13-25(14-12-24)15-18-26-19-22-28(30(33)29(26)32)31(34)35-27-20-16-23(9-4-2)17-21-27/h16-17,19-22,24-25H,3-15,18H2,1-2H3. The SMILES string of the molecule is CCCCCCCC1CCC(CCc2ccc(C(=O)Oc3ccc(CCC)cc3)c(F)c2F)CC1. The van der Waals surface area contributed by atoms with E-state index in [1.165, 1.54) is 70.3 Å². The molecule has 2 nitrogen and oxygen atoms in total. The number of carbonyl (C=O) groups excluding carboxylic acids is 1. The van der Waals surface area contributed by atoms with E-state index in [1.807, 2.05) is 12.1 Å². The lowest BCUT2D eigenvalue weighted by molar-refractivity contribution is 0.0728. The highest BCUT2D eigenvalue weighted by molar-refractivity contribution is 5.91. The molecule has 3 rings (SSSR count). The Morgan fingerprint density at radius 3 is 2.09 bits per heavy atom. The van der Waals surface area contributed by atoms with Crippen molar-refractivity contribution in [3.05, 3.63) is 64.7 Å². The van der Waals surface area contributed by atoms with Gasteiger partial charge in [-0.1, -0.05) is 103 Å². The summed E-state index contributed by atoms with van der Waals surface area (Å²) in [4.78, 5) is 12.4. The van der Waals surface area contributed by atoms with Crippen LogP contribution in [-0.2, 0) is 12.8 Å². The molecule has 1 saturated carbocycles. The van der Waals surface area contributed by atoms with Gasteiger partial charge in [0.2, 0.25) is 0 Å². The van der Waals surface area contributed by atoms with Crippen LogP contribution in [0.3, 0.4) is 0 Å². The van der Waals surface area contributed by atoms with Gasteiger partial charge in [0.05, 0.1) is 5.56 Å². The molecule has 0 unspecified atom stereocenters. The molecule has 0 spiro atoms. The first-order valence-corrected chi connectivity index (χ1v) is 13.8. The Balaban J connectivity index is 1.46. The van der Waals surface area contributed by atoms with E-state index in [0.29, 0.717) is 23.7 Å². The first-order chi connectivity index (χ1) is 17.0. The maximum atomic E-state index is 14.8. The van der Waals surface area contributed by atoms with Gasteiger partial charge in [-0.25, -0.2) is 13.6 Å². The summed E-state index contributed by atoms with van der Waals surface area (Å²) in [6.07, 6.45) is 16.3. The van der Waals surface area contributed by atoms with Gasteiger partial charge in [0, 0.05) is 0 Å². The van der Waals surface area contributed by atoms with Crippen LogP contribution >= 0.6 is 0 Å². The summed E-state index contributed by atoms with van der Waals surface area (Å²) in [7, 11) is 0. The van der Waals surface area contributed by atoms with Gasteiger partial charge in [0.1, 0.15) is 5.75 Å². The molecule has 192 valence electrons. The smallest absolute Gasteiger partial charge is 0.346 e. The maximum absolute atomic E-state index is 14.8. The van der Waals surface area contributed by atoms with E-state index in [1.54, 1.807) is 18.2 Å². The predicted octanol–water partition coefficient (Wildman–Crippen LogP) is 9.24. The molecule has 0 aliphatic heterocycles. The average molecular weight is 485 g/mol. The van der Waals surface area contributed by atoms with Crippen molar-refractivity contribution in [2.24, 2.45) is 11.8 Å². The van der Waals surface area contributed by atoms with Gasteiger partial charge in [-0.2, -0.15) is 0 Å². The lowest BCUT2D eigenvalue weighted by Crippen LogP contribution is -2.16. The highest BCUT2D eigenvalue weighted by Gasteiger charge is 2.23. The van der Waals surface area contributed by atoms with Crippen molar-refractivity contribution in [1.29, 1.82) is 0 Å². The fourth-order valence-electron chi connectivity index (χ4n) is 5.32. The van der Waals surface area contributed by atoms with Crippen molar-refractivity contribution in [2.75, 3.05) is 0 Å². The van der Waals surface area contributed by atoms with Crippen LogP contribution in [-0.4, -0.2) is 5.97 Å². The van der Waals surface area contributed by atoms with E-state index in [4.69, 9.17) is 4.74 Å². The van der Waals surface area contributed by atoms with Crippen LogP contribution in [0.1, 0.15) is 112 Å². The fraction of sp³-hybridized carbons (Fsp3) is 0.581. The lowest BCUT2D eigenvalue weighted by atomic mass is 9.77. The summed E-state index contributed by atoms with van der Waals surface area (Å²) in [6, 6.07) is 10.0. The van der Waals surface area contributed by atoms with Crippen molar-refractivity contribution < 1.29 is 18.3 Å². The Hall–Kier alpha value is -2.23. The number of hydrogen-bond donors (Lipinski definition) is 0. The molecule has 0 atom stereocenters. The number of rotatable bonds is 13. The van der Waals surface area contributed by atoms with Crippen molar-refractivity contribution in [2.45, 2.75) is 104 Å². The van der Waals surface area contributed by atoms with Gasteiger partial charge in [0.15, 0.2) is 11.6 Å². The van der Waals surface area contributed by atoms with Crippen molar-refractivity contribution >= 4 is 5.97 Å². The Kier molecular flexibility index (Phi) is 11.2. The van der Waals surface area contributed by atoms with Gasteiger partial charge in [-0.3, -0.25) is 0 Å². The minimum Gasteiger partial charge on any atom is -0.423 e. The zero-order chi connectivity index (χ0) is 25.0. The van der Waals surface area contributed by atoms with Crippen LogP contribution in [0.5, 0.6) is 5.75 Å². The van der Waals surface area contributed by atoms with Gasteiger partial charge in [0.25, 0.3) is 0 Å². The lowest BCUT2D eigenvalue weighted by Gasteiger charge is -2.28. The van der Waals surface area contributed by atoms with E-state index in [2.05, 4.69) is 13.8 Å². The number of ether oxygens (including phenoxy) is 1. The number of esters is 1. The minimum absolute atomic E-state index is 0.329. The normalized spacial score (nSPS) is 17.9. The van der Waals surface area contributed by atoms with Crippen LogP contribution < -0.4 is 4.74 Å². The molecule has 0 bridgehead atoms. The molecule has 0 aromatic heterocycles. The highest BCUT2D eigenvalue weighted by Crippen LogP contribution is 2.34. The first kappa shape index (κ1) is 27.4. The summed E-state index contributed by atoms with van der Waals surface area (Å²) in [5.74, 6) is -1.15. The van der Waals surface area contributed by atoms with Gasteiger partial charge >= 0.3 is 5.97 Å². The van der Waals surface area contributed by atoms with Crippen molar-refractivity contribution in [1.82, 2.24) is 0 Å². The summed E-state index contributed by atoms with van der Waals surface area (Å²) in [6.45, 7) is 4.34. The first-order valence-electron chi connectivity index (χ1n) is 13.8. The summed E-state index contributed by atoms with van der Waals surface area (Å²) < 4.78 is 34.8. The molecule has 0 N–H and O–H groups in total. The third-order valence-electron chi connectivity index (χ3n) is 7.56. The number of aryl methyl sites for hydroxylation is 2. The molecule has 4 heteroatoms. The molecule has 1 aliphatic carbocycles. The molecule has 35 heavy (non-hydrogen) atoms. The summed E-state index contributed by atoms with van der Waals surface area (Å²) >= 11 is 0. The van der Waals surface area contributed by atoms with Crippen molar-refractivity contribution in [3.8, 4) is 5.75 Å². The summed E-state index contributed by atoms with van der Waals surface area (Å²) in [5, 5.41) is 0. The monoisotopic (exact) mass is 484 g/mol. The van der Waals surface area contributed by atoms with E-state index in [0.717, 1.165) is 30.7 Å². The van der Waals surface area contributed by atoms with E-state index in [9.17, 15) is 13.6 Å². The van der Waals surface area contributed by atoms with E-state index >= 15 is 0 Å². The number of carbonyl (C=O) groups is 1. The minimum atomic E-state index is -1.11. The number of unbranched alkanes of at least 4 members (excludes halogenated alkanes) is 4. The van der Waals surface area contributed by atoms with Crippen LogP contribution in [0.15, 0.2) is 36.4 Å².